The van der Waals surface area contributed by atoms with Crippen LogP contribution in [0.15, 0.2) is 36.0 Å². The van der Waals surface area contributed by atoms with Crippen molar-refractivity contribution in [3.63, 3.8) is 0 Å². The number of nitrogens with one attached hydrogen (secondary N) is 1. The quantitative estimate of drug-likeness (QED) is 0.649. The van der Waals surface area contributed by atoms with Gasteiger partial charge in [-0.1, -0.05) is 17.8 Å². The number of nitrogens with zero attached hydrogens (tertiary/aromatic N) is 3. The molecule has 0 saturated carbocycles. The Morgan fingerprint density at radius 3 is 2.83 bits per heavy atom. The number of halogens is 2. The number of carbonyl (C=O) groups is 1. The fraction of sp³-hybridized carbons (Fsp3) is 0.267. The Morgan fingerprint density at radius 2 is 2.17 bits per heavy atom. The second kappa shape index (κ2) is 7.36. The lowest BCUT2D eigenvalue weighted by Crippen LogP contribution is -2.23. The van der Waals surface area contributed by atoms with Gasteiger partial charge < -0.3 is 9.88 Å². The Morgan fingerprint density at radius 1 is 1.43 bits per heavy atom. The topological polar surface area (TPSA) is 59.8 Å². The van der Waals surface area contributed by atoms with Gasteiger partial charge >= 0.3 is 0 Å². The molecule has 2 rings (SSSR count). The van der Waals surface area contributed by atoms with Crippen molar-refractivity contribution < 1.29 is 13.6 Å². The van der Waals surface area contributed by atoms with E-state index >= 15 is 0 Å². The maximum absolute atomic E-state index is 13.2. The van der Waals surface area contributed by atoms with Crippen LogP contribution in [0.2, 0.25) is 0 Å². The zero-order chi connectivity index (χ0) is 17.0. The Bertz CT molecular complexity index is 732. The molecule has 0 aliphatic carbocycles. The van der Waals surface area contributed by atoms with Crippen LogP contribution in [0.4, 0.5) is 14.5 Å². The molecular formula is C15H16F2N4OS. The minimum Gasteiger partial charge on any atom is -0.325 e. The average Bonchev–Trinajstić information content (AvgIpc) is 2.84. The van der Waals surface area contributed by atoms with Gasteiger partial charge in [0.15, 0.2) is 16.8 Å². The maximum Gasteiger partial charge on any atom is 0.237 e. The number of benzene rings is 1. The molecule has 1 atom stereocenters. The summed E-state index contributed by atoms with van der Waals surface area (Å²) >= 11 is 1.23. The van der Waals surface area contributed by atoms with Gasteiger partial charge in [-0.05, 0) is 26.0 Å². The number of thioether (sulfide) groups is 1. The monoisotopic (exact) mass is 338 g/mol. The summed E-state index contributed by atoms with van der Waals surface area (Å²) in [5.41, 5.74) is 0.199. The van der Waals surface area contributed by atoms with Crippen LogP contribution in [-0.2, 0) is 11.3 Å². The Hall–Kier alpha value is -2.22. The summed E-state index contributed by atoms with van der Waals surface area (Å²) in [6.45, 7) is 7.72. The Labute approximate surface area is 136 Å². The summed E-state index contributed by atoms with van der Waals surface area (Å²) < 4.78 is 27.9. The third-order valence-electron chi connectivity index (χ3n) is 3.05. The lowest BCUT2D eigenvalue weighted by molar-refractivity contribution is -0.115. The Kier molecular flexibility index (Phi) is 5.49. The molecule has 0 unspecified atom stereocenters. The van der Waals surface area contributed by atoms with Crippen LogP contribution in [0.3, 0.4) is 0 Å². The van der Waals surface area contributed by atoms with Gasteiger partial charge in [0.05, 0.1) is 5.25 Å². The highest BCUT2D eigenvalue weighted by Gasteiger charge is 2.19. The van der Waals surface area contributed by atoms with Crippen molar-refractivity contribution in [1.82, 2.24) is 14.8 Å². The first-order chi connectivity index (χ1) is 10.9. The third-order valence-corrected chi connectivity index (χ3v) is 4.13. The van der Waals surface area contributed by atoms with Crippen molar-refractivity contribution in [1.29, 1.82) is 0 Å². The average molecular weight is 338 g/mol. The molecular weight excluding hydrogens is 322 g/mol. The van der Waals surface area contributed by atoms with Crippen molar-refractivity contribution in [2.45, 2.75) is 30.8 Å². The van der Waals surface area contributed by atoms with Crippen LogP contribution in [0.1, 0.15) is 12.7 Å². The number of carbonyl (C=O) groups excluding carboxylic acids is 1. The van der Waals surface area contributed by atoms with E-state index in [9.17, 15) is 13.6 Å². The van der Waals surface area contributed by atoms with E-state index in [1.807, 2.05) is 11.5 Å². The number of aryl methyl sites for hydroxylation is 1. The summed E-state index contributed by atoms with van der Waals surface area (Å²) in [6.07, 6.45) is 1.71. The number of amides is 1. The lowest BCUT2D eigenvalue weighted by atomic mass is 10.3. The highest BCUT2D eigenvalue weighted by molar-refractivity contribution is 8.00. The number of hydrogen-bond donors (Lipinski definition) is 1. The maximum atomic E-state index is 13.2. The van der Waals surface area contributed by atoms with Gasteiger partial charge in [-0.25, -0.2) is 8.78 Å². The normalized spacial score (nSPS) is 12.0. The van der Waals surface area contributed by atoms with Crippen LogP contribution in [-0.4, -0.2) is 25.9 Å². The van der Waals surface area contributed by atoms with Gasteiger partial charge in [0.25, 0.3) is 0 Å². The van der Waals surface area contributed by atoms with Crippen LogP contribution >= 0.6 is 11.8 Å². The number of aromatic nitrogens is 3. The number of allylic oxidation sites excluding steroid dienone is 1. The van der Waals surface area contributed by atoms with Crippen molar-refractivity contribution >= 4 is 23.4 Å². The van der Waals surface area contributed by atoms with E-state index in [1.165, 1.54) is 17.8 Å². The molecule has 1 amide bonds. The predicted octanol–water partition coefficient (Wildman–Crippen LogP) is 3.17. The highest BCUT2D eigenvalue weighted by Crippen LogP contribution is 2.23. The molecule has 1 N–H and O–H groups in total. The molecule has 0 spiro atoms. The fourth-order valence-corrected chi connectivity index (χ4v) is 2.72. The predicted molar refractivity (Wildman–Crippen MR) is 85.3 cm³/mol. The van der Waals surface area contributed by atoms with Crippen molar-refractivity contribution in [3.05, 3.63) is 48.3 Å². The summed E-state index contributed by atoms with van der Waals surface area (Å²) in [4.78, 5) is 12.2. The minimum atomic E-state index is -1.01. The second-order valence-electron chi connectivity index (χ2n) is 4.81. The summed E-state index contributed by atoms with van der Waals surface area (Å²) in [7, 11) is 0. The van der Waals surface area contributed by atoms with Crippen LogP contribution in [0.25, 0.3) is 0 Å². The number of anilines is 1. The molecule has 0 radical (unpaired) electrons. The molecule has 0 bridgehead atoms. The van der Waals surface area contributed by atoms with E-state index in [4.69, 9.17) is 0 Å². The fourth-order valence-electron chi connectivity index (χ4n) is 1.82. The molecule has 23 heavy (non-hydrogen) atoms. The molecule has 122 valence electrons. The lowest BCUT2D eigenvalue weighted by Gasteiger charge is -2.12. The van der Waals surface area contributed by atoms with E-state index in [1.54, 1.807) is 13.0 Å². The van der Waals surface area contributed by atoms with Gasteiger partial charge in [0.2, 0.25) is 5.91 Å². The standard InChI is InChI=1S/C15H16F2N4OS/c1-4-7-21-10(3)19-20-15(21)23-9(2)14(22)18-11-5-6-12(16)13(17)8-11/h4-6,8-9H,1,7H2,2-3H3,(H,18,22)/t9-/m1/s1. The first kappa shape index (κ1) is 17.1. The highest BCUT2D eigenvalue weighted by atomic mass is 32.2. The summed E-state index contributed by atoms with van der Waals surface area (Å²) in [5, 5.41) is 10.6. The van der Waals surface area contributed by atoms with E-state index in [0.717, 1.165) is 18.0 Å². The van der Waals surface area contributed by atoms with E-state index < -0.39 is 16.9 Å². The SMILES string of the molecule is C=CCn1c(C)nnc1S[C@H](C)C(=O)Nc1ccc(F)c(F)c1. The van der Waals surface area contributed by atoms with Crippen LogP contribution in [0.5, 0.6) is 0 Å². The molecule has 8 heteroatoms. The van der Waals surface area contributed by atoms with E-state index in [-0.39, 0.29) is 11.6 Å². The molecule has 0 saturated heterocycles. The molecule has 0 aliphatic heterocycles. The summed E-state index contributed by atoms with van der Waals surface area (Å²) in [6, 6.07) is 3.21. The van der Waals surface area contributed by atoms with E-state index in [2.05, 4.69) is 22.1 Å². The molecule has 1 aromatic carbocycles. The number of rotatable bonds is 6. The van der Waals surface area contributed by atoms with Crippen LogP contribution in [0, 0.1) is 18.6 Å². The molecule has 0 fully saturated rings. The van der Waals surface area contributed by atoms with Gasteiger partial charge in [0.1, 0.15) is 5.82 Å². The smallest absolute Gasteiger partial charge is 0.237 e. The molecule has 0 aliphatic rings. The molecule has 1 heterocycles. The first-order valence-corrected chi connectivity index (χ1v) is 7.73. The van der Waals surface area contributed by atoms with Gasteiger partial charge in [0, 0.05) is 18.3 Å². The molecule has 5 nitrogen and oxygen atoms in total. The van der Waals surface area contributed by atoms with Crippen molar-refractivity contribution in [2.75, 3.05) is 5.32 Å². The van der Waals surface area contributed by atoms with Gasteiger partial charge in [-0.3, -0.25) is 4.79 Å². The van der Waals surface area contributed by atoms with Gasteiger partial charge in [-0.2, -0.15) is 0 Å². The number of hydrogen-bond acceptors (Lipinski definition) is 4. The zero-order valence-corrected chi connectivity index (χ0v) is 13.5. The third kappa shape index (κ3) is 4.16. The van der Waals surface area contributed by atoms with Gasteiger partial charge in [-0.15, -0.1) is 16.8 Å². The van der Waals surface area contributed by atoms with Crippen molar-refractivity contribution in [3.8, 4) is 0 Å². The summed E-state index contributed by atoms with van der Waals surface area (Å²) in [5.74, 6) is -1.59. The largest absolute Gasteiger partial charge is 0.325 e. The van der Waals surface area contributed by atoms with Crippen molar-refractivity contribution in [2.24, 2.45) is 0 Å². The zero-order valence-electron chi connectivity index (χ0n) is 12.7. The Balaban J connectivity index is 2.05. The first-order valence-electron chi connectivity index (χ1n) is 6.85. The second-order valence-corrected chi connectivity index (χ2v) is 6.12. The molecule has 2 aromatic rings. The minimum absolute atomic E-state index is 0.199. The van der Waals surface area contributed by atoms with Crippen LogP contribution < -0.4 is 5.32 Å². The van der Waals surface area contributed by atoms with E-state index in [0.29, 0.717) is 11.7 Å². The molecule has 1 aromatic heterocycles.